The molecule has 0 spiro atoms. The first kappa shape index (κ1) is 25.5. The zero-order valence-corrected chi connectivity index (χ0v) is 19.9. The summed E-state index contributed by atoms with van der Waals surface area (Å²) in [6.07, 6.45) is 1.35. The predicted octanol–water partition coefficient (Wildman–Crippen LogP) is 4.11. The van der Waals surface area contributed by atoms with Crippen LogP contribution in [0.3, 0.4) is 0 Å². The van der Waals surface area contributed by atoms with Crippen LogP contribution in [0.25, 0.3) is 0 Å². The number of methoxy groups -OCH3 is 1. The Morgan fingerprint density at radius 3 is 2.34 bits per heavy atom. The van der Waals surface area contributed by atoms with E-state index in [0.29, 0.717) is 33.5 Å². The van der Waals surface area contributed by atoms with Gasteiger partial charge in [-0.3, -0.25) is 14.4 Å². The number of benzene rings is 3. The normalized spacial score (nSPS) is 10.5. The molecule has 11 heteroatoms. The molecule has 0 aliphatic rings. The van der Waals surface area contributed by atoms with Gasteiger partial charge in [0.2, 0.25) is 0 Å². The van der Waals surface area contributed by atoms with Crippen LogP contribution in [0.2, 0.25) is 10.0 Å². The van der Waals surface area contributed by atoms with Gasteiger partial charge in [0, 0.05) is 16.4 Å². The molecule has 0 heterocycles. The van der Waals surface area contributed by atoms with E-state index in [1.165, 1.54) is 19.4 Å². The van der Waals surface area contributed by atoms with Gasteiger partial charge >= 0.3 is 11.8 Å². The third kappa shape index (κ3) is 8.02. The summed E-state index contributed by atoms with van der Waals surface area (Å²) in [5.74, 6) is -1.31. The topological polar surface area (TPSA) is 118 Å². The van der Waals surface area contributed by atoms with E-state index in [9.17, 15) is 14.4 Å². The molecule has 180 valence electrons. The van der Waals surface area contributed by atoms with E-state index in [-0.39, 0.29) is 17.5 Å². The molecule has 0 aromatic heterocycles. The predicted molar refractivity (Wildman–Crippen MR) is 134 cm³/mol. The lowest BCUT2D eigenvalue weighted by Crippen LogP contribution is -2.32. The van der Waals surface area contributed by atoms with Gasteiger partial charge in [0.15, 0.2) is 6.61 Å². The molecule has 9 nitrogen and oxygen atoms in total. The van der Waals surface area contributed by atoms with Crippen molar-refractivity contribution in [3.05, 3.63) is 82.3 Å². The minimum atomic E-state index is -0.959. The van der Waals surface area contributed by atoms with Crippen LogP contribution in [0.15, 0.2) is 71.8 Å². The first-order valence-electron chi connectivity index (χ1n) is 10.1. The number of ether oxygens (including phenoxy) is 2. The highest BCUT2D eigenvalue weighted by atomic mass is 35.5. The Balaban J connectivity index is 1.44. The van der Waals surface area contributed by atoms with Crippen LogP contribution in [0, 0.1) is 0 Å². The average molecular weight is 515 g/mol. The van der Waals surface area contributed by atoms with E-state index in [1.807, 2.05) is 0 Å². The van der Waals surface area contributed by atoms with Gasteiger partial charge < -0.3 is 20.1 Å². The molecule has 3 amide bonds. The molecule has 0 fully saturated rings. The Hall–Kier alpha value is -4.08. The number of carbonyl (C=O) groups excluding carboxylic acids is 3. The van der Waals surface area contributed by atoms with Crippen LogP contribution >= 0.6 is 23.2 Å². The number of hydrazone groups is 1. The lowest BCUT2D eigenvalue weighted by Gasteiger charge is -2.08. The van der Waals surface area contributed by atoms with Gasteiger partial charge in [-0.05, 0) is 66.2 Å². The van der Waals surface area contributed by atoms with Crippen molar-refractivity contribution in [2.24, 2.45) is 5.10 Å². The van der Waals surface area contributed by atoms with Crippen LogP contribution in [-0.4, -0.2) is 37.7 Å². The number of nitrogens with one attached hydrogen (secondary N) is 3. The van der Waals surface area contributed by atoms with Crippen LogP contribution < -0.4 is 25.5 Å². The molecule has 0 saturated heterocycles. The fraction of sp³-hybridized carbons (Fsp3) is 0.0833. The first-order chi connectivity index (χ1) is 16.8. The highest BCUT2D eigenvalue weighted by molar-refractivity contribution is 6.40. The van der Waals surface area contributed by atoms with Gasteiger partial charge in [-0.2, -0.15) is 5.10 Å². The van der Waals surface area contributed by atoms with E-state index in [1.54, 1.807) is 60.7 Å². The van der Waals surface area contributed by atoms with E-state index < -0.39 is 11.8 Å². The van der Waals surface area contributed by atoms with Crippen LogP contribution in [0.1, 0.15) is 5.56 Å². The Bertz CT molecular complexity index is 1250. The molecule has 3 rings (SSSR count). The molecule has 0 radical (unpaired) electrons. The number of anilines is 2. The summed E-state index contributed by atoms with van der Waals surface area (Å²) in [5.41, 5.74) is 3.67. The fourth-order valence-corrected chi connectivity index (χ4v) is 3.16. The van der Waals surface area contributed by atoms with E-state index in [4.69, 9.17) is 32.7 Å². The summed E-state index contributed by atoms with van der Waals surface area (Å²) in [5, 5.41) is 9.65. The molecular weight excluding hydrogens is 495 g/mol. The number of hydrogen-bond acceptors (Lipinski definition) is 6. The van der Waals surface area contributed by atoms with E-state index in [0.717, 1.165) is 0 Å². The van der Waals surface area contributed by atoms with Crippen molar-refractivity contribution in [3.8, 4) is 11.5 Å². The molecule has 3 aromatic rings. The number of amides is 3. The molecule has 3 N–H and O–H groups in total. The van der Waals surface area contributed by atoms with Gasteiger partial charge in [0.05, 0.1) is 18.3 Å². The molecule has 0 atom stereocenters. The number of carbonyl (C=O) groups is 3. The minimum absolute atomic E-state index is 0.190. The minimum Gasteiger partial charge on any atom is -0.495 e. The Kier molecular flexibility index (Phi) is 9.05. The second-order valence-electron chi connectivity index (χ2n) is 6.92. The lowest BCUT2D eigenvalue weighted by molar-refractivity contribution is -0.136. The third-order valence-corrected chi connectivity index (χ3v) is 4.88. The highest BCUT2D eigenvalue weighted by Crippen LogP contribution is 2.27. The zero-order valence-electron chi connectivity index (χ0n) is 18.4. The molecule has 0 unspecified atom stereocenters. The first-order valence-corrected chi connectivity index (χ1v) is 10.9. The number of nitrogens with zero attached hydrogens (tertiary/aromatic N) is 1. The molecular formula is C24H20Cl2N4O5. The van der Waals surface area contributed by atoms with Gasteiger partial charge in [-0.25, -0.2) is 5.43 Å². The van der Waals surface area contributed by atoms with Crippen molar-refractivity contribution >= 4 is 58.5 Å². The zero-order chi connectivity index (χ0) is 25.2. The van der Waals surface area contributed by atoms with Gasteiger partial charge in [0.25, 0.3) is 5.91 Å². The monoisotopic (exact) mass is 514 g/mol. The Morgan fingerprint density at radius 2 is 1.66 bits per heavy atom. The van der Waals surface area contributed by atoms with Crippen molar-refractivity contribution in [2.45, 2.75) is 0 Å². The third-order valence-electron chi connectivity index (χ3n) is 4.35. The van der Waals surface area contributed by atoms with Crippen LogP contribution in [0.5, 0.6) is 11.5 Å². The smallest absolute Gasteiger partial charge is 0.329 e. The summed E-state index contributed by atoms with van der Waals surface area (Å²) in [6, 6.07) is 17.9. The molecule has 35 heavy (non-hydrogen) atoms. The molecule has 0 bridgehead atoms. The number of rotatable bonds is 8. The number of hydrogen-bond donors (Lipinski definition) is 3. The Labute approximate surface area is 211 Å². The van der Waals surface area contributed by atoms with Crippen molar-refractivity contribution in [2.75, 3.05) is 24.4 Å². The van der Waals surface area contributed by atoms with Gasteiger partial charge in [0.1, 0.15) is 11.5 Å². The van der Waals surface area contributed by atoms with Crippen molar-refractivity contribution in [1.82, 2.24) is 5.43 Å². The SMILES string of the molecule is COc1ccc(NC(=O)C(=O)N/N=C\c2ccc(OCC(=O)Nc3cccc(Cl)c3)cc2)cc1Cl. The largest absolute Gasteiger partial charge is 0.495 e. The lowest BCUT2D eigenvalue weighted by atomic mass is 10.2. The Morgan fingerprint density at radius 1 is 0.914 bits per heavy atom. The molecule has 0 saturated carbocycles. The molecule has 3 aromatic carbocycles. The van der Waals surface area contributed by atoms with Crippen LogP contribution in [-0.2, 0) is 14.4 Å². The maximum absolute atomic E-state index is 12.0. The molecule has 0 aliphatic carbocycles. The summed E-state index contributed by atoms with van der Waals surface area (Å²) in [6.45, 7) is -0.190. The van der Waals surface area contributed by atoms with Crippen LogP contribution in [0.4, 0.5) is 11.4 Å². The number of halogens is 2. The fourth-order valence-electron chi connectivity index (χ4n) is 2.71. The summed E-state index contributed by atoms with van der Waals surface area (Å²) >= 11 is 11.9. The average Bonchev–Trinajstić information content (AvgIpc) is 2.83. The molecule has 0 aliphatic heterocycles. The summed E-state index contributed by atoms with van der Waals surface area (Å²) < 4.78 is 10.5. The van der Waals surface area contributed by atoms with Gasteiger partial charge in [-0.1, -0.05) is 29.3 Å². The van der Waals surface area contributed by atoms with Gasteiger partial charge in [-0.15, -0.1) is 0 Å². The van der Waals surface area contributed by atoms with E-state index in [2.05, 4.69) is 21.2 Å². The quantitative estimate of drug-likeness (QED) is 0.237. The summed E-state index contributed by atoms with van der Waals surface area (Å²) in [4.78, 5) is 35.9. The maximum atomic E-state index is 12.0. The van der Waals surface area contributed by atoms with Crippen molar-refractivity contribution in [1.29, 1.82) is 0 Å². The second-order valence-corrected chi connectivity index (χ2v) is 7.76. The van der Waals surface area contributed by atoms with E-state index >= 15 is 0 Å². The highest BCUT2D eigenvalue weighted by Gasteiger charge is 2.13. The van der Waals surface area contributed by atoms with Crippen molar-refractivity contribution < 1.29 is 23.9 Å². The van der Waals surface area contributed by atoms with Crippen molar-refractivity contribution in [3.63, 3.8) is 0 Å². The standard InChI is InChI=1S/C24H20Cl2N4O5/c1-34-21-10-7-18(12-20(21)26)29-23(32)24(33)30-27-13-15-5-8-19(9-6-15)35-14-22(31)28-17-4-2-3-16(25)11-17/h2-13H,14H2,1H3,(H,28,31)(H,29,32)(H,30,33)/b27-13-. The maximum Gasteiger partial charge on any atom is 0.329 e. The summed E-state index contributed by atoms with van der Waals surface area (Å²) in [7, 11) is 1.47. The second kappa shape index (κ2) is 12.4.